The number of benzene rings is 3. The van der Waals surface area contributed by atoms with E-state index in [4.69, 9.17) is 4.74 Å². The Balaban J connectivity index is 1.59. The number of amides is 1. The Morgan fingerprint density at radius 3 is 2.20 bits per heavy atom. The van der Waals surface area contributed by atoms with Crippen molar-refractivity contribution in [2.24, 2.45) is 0 Å². The van der Waals surface area contributed by atoms with Crippen LogP contribution in [0.25, 0.3) is 11.3 Å². The minimum atomic E-state index is -0.408. The van der Waals surface area contributed by atoms with E-state index in [9.17, 15) is 4.79 Å². The number of hydrogen-bond donors (Lipinski definition) is 1. The summed E-state index contributed by atoms with van der Waals surface area (Å²) in [7, 11) is 1.63. The van der Waals surface area contributed by atoms with E-state index in [1.54, 1.807) is 7.11 Å². The first kappa shape index (κ1) is 20.3. The zero-order chi connectivity index (χ0) is 20.9. The van der Waals surface area contributed by atoms with Crippen LogP contribution >= 0.6 is 27.3 Å². The number of methoxy groups -OCH3 is 1. The van der Waals surface area contributed by atoms with Gasteiger partial charge in [0.1, 0.15) is 5.75 Å². The number of ether oxygens (including phenoxy) is 1. The predicted molar refractivity (Wildman–Crippen MR) is 125 cm³/mol. The number of thiazole rings is 1. The van der Waals surface area contributed by atoms with E-state index in [2.05, 4.69) is 26.2 Å². The zero-order valence-electron chi connectivity index (χ0n) is 16.2. The van der Waals surface area contributed by atoms with E-state index in [1.165, 1.54) is 11.3 Å². The number of nitrogens with one attached hydrogen (secondary N) is 1. The molecule has 1 N–H and O–H groups in total. The summed E-state index contributed by atoms with van der Waals surface area (Å²) in [4.78, 5) is 17.8. The zero-order valence-corrected chi connectivity index (χ0v) is 18.6. The molecule has 0 aliphatic carbocycles. The largest absolute Gasteiger partial charge is 0.496 e. The number of rotatable bonds is 6. The summed E-state index contributed by atoms with van der Waals surface area (Å²) in [5, 5.41) is 5.50. The fourth-order valence-electron chi connectivity index (χ4n) is 3.25. The summed E-state index contributed by atoms with van der Waals surface area (Å²) < 4.78 is 6.14. The van der Waals surface area contributed by atoms with Gasteiger partial charge in [0.25, 0.3) is 0 Å². The number of aromatic nitrogens is 1. The van der Waals surface area contributed by atoms with Gasteiger partial charge in [-0.25, -0.2) is 4.98 Å². The lowest BCUT2D eigenvalue weighted by molar-refractivity contribution is -0.116. The van der Waals surface area contributed by atoms with Crippen molar-refractivity contribution in [2.45, 2.75) is 5.92 Å². The molecule has 6 heteroatoms. The number of carbonyl (C=O) groups excluding carboxylic acids is 1. The highest BCUT2D eigenvalue weighted by molar-refractivity contribution is 9.10. The van der Waals surface area contributed by atoms with Crippen molar-refractivity contribution in [1.82, 2.24) is 4.98 Å². The van der Waals surface area contributed by atoms with Crippen molar-refractivity contribution < 1.29 is 9.53 Å². The van der Waals surface area contributed by atoms with E-state index in [0.717, 1.165) is 32.6 Å². The second kappa shape index (κ2) is 9.24. The highest BCUT2D eigenvalue weighted by atomic mass is 79.9. The number of hydrogen-bond acceptors (Lipinski definition) is 4. The standard InChI is InChI=1S/C24H19BrN2O2S/c1-29-21-13-12-18(14-19(21)25)20-15-30-24(26-20)27-23(28)22(16-8-4-2-5-9-16)17-10-6-3-7-11-17/h2-15,22H,1H3,(H,26,27,28). The van der Waals surface area contributed by atoms with E-state index in [1.807, 2.05) is 84.2 Å². The predicted octanol–water partition coefficient (Wildman–Crippen LogP) is 6.35. The number of nitrogens with zero attached hydrogens (tertiary/aromatic N) is 1. The van der Waals surface area contributed by atoms with Gasteiger partial charge in [-0.2, -0.15) is 0 Å². The van der Waals surface area contributed by atoms with Crippen LogP contribution in [-0.4, -0.2) is 18.0 Å². The molecule has 0 fully saturated rings. The van der Waals surface area contributed by atoms with Crippen LogP contribution in [0.3, 0.4) is 0 Å². The van der Waals surface area contributed by atoms with E-state index in [0.29, 0.717) is 5.13 Å². The summed E-state index contributed by atoms with van der Waals surface area (Å²) in [6.45, 7) is 0. The maximum absolute atomic E-state index is 13.2. The van der Waals surface area contributed by atoms with Gasteiger partial charge in [0.05, 0.1) is 23.2 Å². The monoisotopic (exact) mass is 478 g/mol. The first-order valence-electron chi connectivity index (χ1n) is 9.36. The number of anilines is 1. The molecule has 0 aliphatic rings. The fourth-order valence-corrected chi connectivity index (χ4v) is 4.52. The smallest absolute Gasteiger partial charge is 0.238 e. The van der Waals surface area contributed by atoms with Gasteiger partial charge in [-0.1, -0.05) is 60.7 Å². The van der Waals surface area contributed by atoms with Gasteiger partial charge < -0.3 is 10.1 Å². The SMILES string of the molecule is COc1ccc(-c2csc(NC(=O)C(c3ccccc3)c3ccccc3)n2)cc1Br. The van der Waals surface area contributed by atoms with Gasteiger partial charge in [-0.05, 0) is 45.3 Å². The first-order valence-corrected chi connectivity index (χ1v) is 11.0. The molecule has 0 bridgehead atoms. The van der Waals surface area contributed by atoms with Crippen molar-refractivity contribution in [3.05, 3.63) is 99.8 Å². The number of halogens is 1. The summed E-state index contributed by atoms with van der Waals surface area (Å²) in [5.74, 6) is 0.246. The van der Waals surface area contributed by atoms with Gasteiger partial charge in [-0.3, -0.25) is 4.79 Å². The Kier molecular flexibility index (Phi) is 6.26. The number of carbonyl (C=O) groups is 1. The van der Waals surface area contributed by atoms with Crippen molar-refractivity contribution in [2.75, 3.05) is 12.4 Å². The maximum atomic E-state index is 13.2. The molecule has 4 nitrogen and oxygen atoms in total. The van der Waals surface area contributed by atoms with Crippen LogP contribution in [0, 0.1) is 0 Å². The van der Waals surface area contributed by atoms with Gasteiger partial charge >= 0.3 is 0 Å². The molecular formula is C24H19BrN2O2S. The lowest BCUT2D eigenvalue weighted by Crippen LogP contribution is -2.22. The van der Waals surface area contributed by atoms with E-state index < -0.39 is 5.92 Å². The minimum absolute atomic E-state index is 0.107. The Morgan fingerprint density at radius 2 is 1.63 bits per heavy atom. The van der Waals surface area contributed by atoms with Crippen LogP contribution in [0.4, 0.5) is 5.13 Å². The van der Waals surface area contributed by atoms with Gasteiger partial charge in [-0.15, -0.1) is 11.3 Å². The lowest BCUT2D eigenvalue weighted by atomic mass is 9.90. The lowest BCUT2D eigenvalue weighted by Gasteiger charge is -2.17. The Labute approximate surface area is 187 Å². The molecule has 0 saturated carbocycles. The average Bonchev–Trinajstić information content (AvgIpc) is 3.24. The third-order valence-corrected chi connectivity index (χ3v) is 6.09. The minimum Gasteiger partial charge on any atom is -0.496 e. The molecule has 0 atom stereocenters. The molecule has 0 spiro atoms. The Bertz CT molecular complexity index is 1110. The topological polar surface area (TPSA) is 51.2 Å². The summed E-state index contributed by atoms with van der Waals surface area (Å²) in [5.41, 5.74) is 3.63. The molecule has 0 unspecified atom stereocenters. The van der Waals surface area contributed by atoms with Crippen LogP contribution < -0.4 is 10.1 Å². The quantitative estimate of drug-likeness (QED) is 0.351. The molecule has 0 saturated heterocycles. The normalized spacial score (nSPS) is 10.8. The Hall–Kier alpha value is -2.96. The van der Waals surface area contributed by atoms with Gasteiger partial charge in [0, 0.05) is 10.9 Å². The molecular weight excluding hydrogens is 460 g/mol. The van der Waals surface area contributed by atoms with Crippen molar-refractivity contribution in [3.63, 3.8) is 0 Å². The molecule has 30 heavy (non-hydrogen) atoms. The molecule has 150 valence electrons. The highest BCUT2D eigenvalue weighted by Gasteiger charge is 2.23. The summed E-state index contributed by atoms with van der Waals surface area (Å²) >= 11 is 4.91. The van der Waals surface area contributed by atoms with Crippen LogP contribution in [0.2, 0.25) is 0 Å². The van der Waals surface area contributed by atoms with Crippen molar-refractivity contribution in [1.29, 1.82) is 0 Å². The van der Waals surface area contributed by atoms with Crippen LogP contribution in [0.5, 0.6) is 5.75 Å². The molecule has 1 amide bonds. The molecule has 4 aromatic rings. The van der Waals surface area contributed by atoms with Gasteiger partial charge in [0.15, 0.2) is 5.13 Å². The molecule has 0 radical (unpaired) electrons. The molecule has 1 heterocycles. The molecule has 3 aromatic carbocycles. The maximum Gasteiger partial charge on any atom is 0.238 e. The molecule has 4 rings (SSSR count). The fraction of sp³-hybridized carbons (Fsp3) is 0.0833. The first-order chi connectivity index (χ1) is 14.7. The Morgan fingerprint density at radius 1 is 1.00 bits per heavy atom. The van der Waals surface area contributed by atoms with Crippen molar-refractivity contribution in [3.8, 4) is 17.0 Å². The summed E-state index contributed by atoms with van der Waals surface area (Å²) in [6.07, 6.45) is 0. The molecule has 1 aromatic heterocycles. The van der Waals surface area contributed by atoms with Crippen LogP contribution in [0.1, 0.15) is 17.0 Å². The third kappa shape index (κ3) is 4.45. The van der Waals surface area contributed by atoms with Crippen LogP contribution in [-0.2, 0) is 4.79 Å². The summed E-state index contributed by atoms with van der Waals surface area (Å²) in [6, 6.07) is 25.4. The van der Waals surface area contributed by atoms with E-state index >= 15 is 0 Å². The van der Waals surface area contributed by atoms with Crippen LogP contribution in [0.15, 0.2) is 88.7 Å². The van der Waals surface area contributed by atoms with Gasteiger partial charge in [0.2, 0.25) is 5.91 Å². The highest BCUT2D eigenvalue weighted by Crippen LogP contribution is 2.33. The van der Waals surface area contributed by atoms with E-state index in [-0.39, 0.29) is 5.91 Å². The average molecular weight is 479 g/mol. The molecule has 0 aliphatic heterocycles. The second-order valence-corrected chi connectivity index (χ2v) is 8.34. The van der Waals surface area contributed by atoms with Crippen molar-refractivity contribution >= 4 is 38.3 Å². The second-order valence-electron chi connectivity index (χ2n) is 6.63. The third-order valence-electron chi connectivity index (χ3n) is 4.71.